The van der Waals surface area contributed by atoms with Crippen LogP contribution in [-0.4, -0.2) is 33.5 Å². The standard InChI is InChI=1S/C20H21N5O/c26-20(16-4-9-19(22-14-16)25-13-10-21-15-25)23-17-5-7-18(8-6-17)24-11-2-1-3-12-24/h4-10,13-15H,1-3,11-12H2,(H,23,26). The summed E-state index contributed by atoms with van der Waals surface area (Å²) in [4.78, 5) is 23.1. The number of imidazole rings is 1. The Kier molecular flexibility index (Phi) is 4.64. The number of hydrogen-bond donors (Lipinski definition) is 1. The van der Waals surface area contributed by atoms with Crippen molar-refractivity contribution in [3.05, 3.63) is 66.9 Å². The summed E-state index contributed by atoms with van der Waals surface area (Å²) in [6.07, 6.45) is 10.6. The van der Waals surface area contributed by atoms with Gasteiger partial charge in [0.15, 0.2) is 0 Å². The Labute approximate surface area is 152 Å². The van der Waals surface area contributed by atoms with Crippen LogP contribution in [0.15, 0.2) is 61.3 Å². The van der Waals surface area contributed by atoms with Crippen molar-refractivity contribution in [2.45, 2.75) is 19.3 Å². The molecule has 6 nitrogen and oxygen atoms in total. The summed E-state index contributed by atoms with van der Waals surface area (Å²) < 4.78 is 1.79. The molecule has 1 amide bonds. The Bertz CT molecular complexity index is 850. The molecule has 4 rings (SSSR count). The van der Waals surface area contributed by atoms with Gasteiger partial charge in [0.25, 0.3) is 5.91 Å². The van der Waals surface area contributed by atoms with Crippen LogP contribution in [-0.2, 0) is 0 Å². The van der Waals surface area contributed by atoms with Gasteiger partial charge in [0.05, 0.1) is 5.56 Å². The van der Waals surface area contributed by atoms with E-state index in [1.54, 1.807) is 35.4 Å². The summed E-state index contributed by atoms with van der Waals surface area (Å²) in [5, 5.41) is 2.93. The van der Waals surface area contributed by atoms with E-state index >= 15 is 0 Å². The first-order valence-corrected chi connectivity index (χ1v) is 8.90. The SMILES string of the molecule is O=C(Nc1ccc(N2CCCCC2)cc1)c1ccc(-n2ccnc2)nc1. The van der Waals surface area contributed by atoms with Gasteiger partial charge in [-0.2, -0.15) is 0 Å². The molecule has 1 aliphatic rings. The number of pyridine rings is 1. The molecule has 3 heterocycles. The highest BCUT2D eigenvalue weighted by Crippen LogP contribution is 2.22. The van der Waals surface area contributed by atoms with Crippen molar-refractivity contribution in [2.24, 2.45) is 0 Å². The van der Waals surface area contributed by atoms with E-state index in [2.05, 4.69) is 32.3 Å². The van der Waals surface area contributed by atoms with Crippen molar-refractivity contribution in [1.29, 1.82) is 0 Å². The zero-order chi connectivity index (χ0) is 17.8. The van der Waals surface area contributed by atoms with E-state index in [4.69, 9.17) is 0 Å². The van der Waals surface area contributed by atoms with E-state index in [9.17, 15) is 4.79 Å². The molecule has 0 bridgehead atoms. The van der Waals surface area contributed by atoms with Crippen LogP contribution in [0.1, 0.15) is 29.6 Å². The number of rotatable bonds is 4. The van der Waals surface area contributed by atoms with Crippen LogP contribution in [0.25, 0.3) is 5.82 Å². The van der Waals surface area contributed by atoms with Gasteiger partial charge >= 0.3 is 0 Å². The Balaban J connectivity index is 1.41. The minimum atomic E-state index is -0.166. The molecule has 1 aromatic carbocycles. The van der Waals surface area contributed by atoms with E-state index < -0.39 is 0 Å². The van der Waals surface area contributed by atoms with E-state index in [-0.39, 0.29) is 5.91 Å². The normalized spacial score (nSPS) is 14.2. The molecular weight excluding hydrogens is 326 g/mol. The first-order valence-electron chi connectivity index (χ1n) is 8.90. The molecule has 6 heteroatoms. The number of hydrogen-bond acceptors (Lipinski definition) is 4. The average molecular weight is 347 g/mol. The van der Waals surface area contributed by atoms with Crippen molar-refractivity contribution in [2.75, 3.05) is 23.3 Å². The maximum atomic E-state index is 12.4. The van der Waals surface area contributed by atoms with Crippen molar-refractivity contribution in [3.63, 3.8) is 0 Å². The molecule has 1 aliphatic heterocycles. The fourth-order valence-electron chi connectivity index (χ4n) is 3.18. The van der Waals surface area contributed by atoms with Gasteiger partial charge in [-0.3, -0.25) is 9.36 Å². The molecular formula is C20H21N5O. The summed E-state index contributed by atoms with van der Waals surface area (Å²) in [5.41, 5.74) is 2.53. The predicted molar refractivity (Wildman–Crippen MR) is 102 cm³/mol. The predicted octanol–water partition coefficient (Wildman–Crippen LogP) is 3.51. The fourth-order valence-corrected chi connectivity index (χ4v) is 3.18. The van der Waals surface area contributed by atoms with Crippen molar-refractivity contribution in [1.82, 2.24) is 14.5 Å². The third-order valence-corrected chi connectivity index (χ3v) is 4.63. The lowest BCUT2D eigenvalue weighted by atomic mass is 10.1. The quantitative estimate of drug-likeness (QED) is 0.784. The number of amides is 1. The highest BCUT2D eigenvalue weighted by molar-refractivity contribution is 6.04. The summed E-state index contributed by atoms with van der Waals surface area (Å²) in [6, 6.07) is 11.6. The van der Waals surface area contributed by atoms with Crippen LogP contribution < -0.4 is 10.2 Å². The zero-order valence-electron chi connectivity index (χ0n) is 14.5. The van der Waals surface area contributed by atoms with Crippen LogP contribution in [0.4, 0.5) is 11.4 Å². The number of carbonyl (C=O) groups is 1. The molecule has 1 saturated heterocycles. The smallest absolute Gasteiger partial charge is 0.257 e. The molecule has 0 unspecified atom stereocenters. The van der Waals surface area contributed by atoms with Gasteiger partial charge in [-0.25, -0.2) is 9.97 Å². The van der Waals surface area contributed by atoms with Crippen molar-refractivity contribution in [3.8, 4) is 5.82 Å². The van der Waals surface area contributed by atoms with Gasteiger partial charge in [-0.05, 0) is 55.7 Å². The van der Waals surface area contributed by atoms with E-state index in [0.29, 0.717) is 5.56 Å². The van der Waals surface area contributed by atoms with Crippen LogP contribution in [0.2, 0.25) is 0 Å². The maximum absolute atomic E-state index is 12.4. The average Bonchev–Trinajstić information content (AvgIpc) is 3.24. The number of benzene rings is 1. The van der Waals surface area contributed by atoms with Crippen LogP contribution in [0.3, 0.4) is 0 Å². The summed E-state index contributed by atoms with van der Waals surface area (Å²) in [6.45, 7) is 2.22. The molecule has 0 atom stereocenters. The van der Waals surface area contributed by atoms with Gasteiger partial charge in [0, 0.05) is 43.1 Å². The number of anilines is 2. The molecule has 26 heavy (non-hydrogen) atoms. The van der Waals surface area contributed by atoms with E-state index in [0.717, 1.165) is 24.6 Å². The van der Waals surface area contributed by atoms with E-state index in [1.165, 1.54) is 24.9 Å². The van der Waals surface area contributed by atoms with Gasteiger partial charge in [-0.1, -0.05) is 0 Å². The monoisotopic (exact) mass is 347 g/mol. The Morgan fingerprint density at radius 2 is 1.81 bits per heavy atom. The minimum absolute atomic E-state index is 0.166. The number of nitrogens with one attached hydrogen (secondary N) is 1. The molecule has 132 valence electrons. The van der Waals surface area contributed by atoms with Gasteiger partial charge in [-0.15, -0.1) is 0 Å². The zero-order valence-corrected chi connectivity index (χ0v) is 14.5. The second-order valence-corrected chi connectivity index (χ2v) is 6.42. The topological polar surface area (TPSA) is 63.1 Å². The number of aromatic nitrogens is 3. The largest absolute Gasteiger partial charge is 0.372 e. The molecule has 1 fully saturated rings. The third-order valence-electron chi connectivity index (χ3n) is 4.63. The number of nitrogens with zero attached hydrogens (tertiary/aromatic N) is 4. The highest BCUT2D eigenvalue weighted by Gasteiger charge is 2.11. The minimum Gasteiger partial charge on any atom is -0.372 e. The van der Waals surface area contributed by atoms with Gasteiger partial charge in [0.2, 0.25) is 0 Å². The molecule has 0 radical (unpaired) electrons. The third kappa shape index (κ3) is 3.59. The van der Waals surface area contributed by atoms with Crippen LogP contribution in [0.5, 0.6) is 0 Å². The molecule has 1 N–H and O–H groups in total. The molecule has 0 aliphatic carbocycles. The Hall–Kier alpha value is -3.15. The summed E-state index contributed by atoms with van der Waals surface area (Å²) >= 11 is 0. The van der Waals surface area contributed by atoms with Gasteiger partial charge in [0.1, 0.15) is 12.1 Å². The first-order chi connectivity index (χ1) is 12.8. The van der Waals surface area contributed by atoms with Crippen LogP contribution >= 0.6 is 0 Å². The Morgan fingerprint density at radius 1 is 1.00 bits per heavy atom. The summed E-state index contributed by atoms with van der Waals surface area (Å²) in [5.74, 6) is 0.560. The number of piperidine rings is 1. The first kappa shape index (κ1) is 16.3. The maximum Gasteiger partial charge on any atom is 0.257 e. The molecule has 0 saturated carbocycles. The molecule has 3 aromatic rings. The lowest BCUT2D eigenvalue weighted by Crippen LogP contribution is -2.29. The fraction of sp³-hybridized carbons (Fsp3) is 0.250. The number of carbonyl (C=O) groups excluding carboxylic acids is 1. The summed E-state index contributed by atoms with van der Waals surface area (Å²) in [7, 11) is 0. The molecule has 2 aromatic heterocycles. The van der Waals surface area contributed by atoms with Crippen LogP contribution in [0, 0.1) is 0 Å². The highest BCUT2D eigenvalue weighted by atomic mass is 16.1. The Morgan fingerprint density at radius 3 is 2.46 bits per heavy atom. The van der Waals surface area contributed by atoms with E-state index in [1.807, 2.05) is 18.3 Å². The molecule has 0 spiro atoms. The lowest BCUT2D eigenvalue weighted by Gasteiger charge is -2.28. The van der Waals surface area contributed by atoms with Crippen molar-refractivity contribution < 1.29 is 4.79 Å². The second kappa shape index (κ2) is 7.39. The van der Waals surface area contributed by atoms with Gasteiger partial charge < -0.3 is 10.2 Å². The lowest BCUT2D eigenvalue weighted by molar-refractivity contribution is 0.102. The second-order valence-electron chi connectivity index (χ2n) is 6.42. The van der Waals surface area contributed by atoms with Crippen molar-refractivity contribution >= 4 is 17.3 Å².